The number of fused-ring (bicyclic) bond motifs is 1. The van der Waals surface area contributed by atoms with Gasteiger partial charge in [0.1, 0.15) is 22.4 Å². The van der Waals surface area contributed by atoms with Crippen molar-refractivity contribution in [3.63, 3.8) is 0 Å². The number of anilines is 1. The lowest BCUT2D eigenvalue weighted by atomic mass is 9.93. The molecule has 1 aliphatic rings. The number of nitrogens with two attached hydrogens (primary N) is 1. The molecule has 2 aromatic heterocycles. The van der Waals surface area contributed by atoms with E-state index in [2.05, 4.69) is 26.8 Å². The number of hydrogen-bond donors (Lipinski definition) is 5. The van der Waals surface area contributed by atoms with Crippen LogP contribution in [0.5, 0.6) is 0 Å². The molecule has 0 aromatic carbocycles. The van der Waals surface area contributed by atoms with Gasteiger partial charge in [-0.25, -0.2) is 4.98 Å². The number of hydrogen-bond acceptors (Lipinski definition) is 8. The van der Waals surface area contributed by atoms with E-state index in [1.54, 1.807) is 0 Å². The van der Waals surface area contributed by atoms with Gasteiger partial charge >= 0.3 is 0 Å². The molecule has 1 aliphatic heterocycles. The van der Waals surface area contributed by atoms with Crippen LogP contribution in [-0.2, 0) is 4.74 Å². The lowest BCUT2D eigenvalue weighted by Crippen LogP contribution is -2.47. The van der Waals surface area contributed by atoms with Crippen molar-refractivity contribution in [2.75, 3.05) is 5.73 Å². The number of aliphatic hydroxyl groups excluding tert-OH is 2. The van der Waals surface area contributed by atoms with Gasteiger partial charge in [-0.15, -0.1) is 5.92 Å². The molecule has 0 radical (unpaired) electrons. The number of aromatic nitrogens is 4. The van der Waals surface area contributed by atoms with Crippen molar-refractivity contribution >= 4 is 29.3 Å². The van der Waals surface area contributed by atoms with Gasteiger partial charge in [-0.2, -0.15) is 4.98 Å². The summed E-state index contributed by atoms with van der Waals surface area (Å²) in [4.78, 5) is 11.0. The summed E-state index contributed by atoms with van der Waals surface area (Å²) >= 11 is 5.15. The summed E-state index contributed by atoms with van der Waals surface area (Å²) in [5, 5.41) is 31.1. The average Bonchev–Trinajstić information content (AvgIpc) is 3.00. The van der Waals surface area contributed by atoms with Crippen LogP contribution < -0.4 is 5.73 Å². The molecule has 3 heterocycles. The summed E-state index contributed by atoms with van der Waals surface area (Å²) in [5.74, 6) is 5.22. The van der Waals surface area contributed by atoms with Gasteiger partial charge < -0.3 is 30.8 Å². The van der Waals surface area contributed by atoms with Gasteiger partial charge in [0.2, 0.25) is 5.95 Å². The topological polar surface area (TPSA) is 142 Å². The van der Waals surface area contributed by atoms with E-state index in [9.17, 15) is 15.3 Å². The third-order valence-electron chi connectivity index (χ3n) is 3.93. The monoisotopic (exact) mass is 351 g/mol. The third kappa shape index (κ3) is 2.38. The Balaban J connectivity index is 2.20. The van der Waals surface area contributed by atoms with Crippen LogP contribution in [-0.4, -0.2) is 58.8 Å². The number of aliphatic hydroxyl groups is 3. The fourth-order valence-electron chi connectivity index (χ4n) is 2.83. The summed E-state index contributed by atoms with van der Waals surface area (Å²) in [6.07, 6.45) is -3.26. The summed E-state index contributed by atoms with van der Waals surface area (Å²) < 4.78 is 7.36. The number of nitrogen functional groups attached to an aromatic ring is 1. The molecule has 0 bridgehead atoms. The lowest BCUT2D eigenvalue weighted by molar-refractivity contribution is -0.0847. The maximum Gasteiger partial charge on any atom is 0.200 e. The predicted octanol–water partition coefficient (Wildman–Crippen LogP) is -0.535. The minimum absolute atomic E-state index is 0.0741. The fraction of sp³-hybridized carbons (Fsp3) is 0.500. The molecule has 3 rings (SSSR count). The first-order chi connectivity index (χ1) is 11.3. The van der Waals surface area contributed by atoms with Crippen LogP contribution in [0.2, 0.25) is 0 Å². The molecule has 0 spiro atoms. The Kier molecular flexibility index (Phi) is 4.06. The first-order valence-electron chi connectivity index (χ1n) is 7.19. The highest BCUT2D eigenvalue weighted by molar-refractivity contribution is 7.71. The number of nitrogens with zero attached hydrogens (tertiary/aromatic N) is 3. The molecule has 0 saturated carbocycles. The van der Waals surface area contributed by atoms with Crippen LogP contribution in [0.3, 0.4) is 0 Å². The Morgan fingerprint density at radius 3 is 2.92 bits per heavy atom. The Morgan fingerprint density at radius 2 is 2.29 bits per heavy atom. The highest BCUT2D eigenvalue weighted by atomic mass is 32.1. The van der Waals surface area contributed by atoms with E-state index in [-0.39, 0.29) is 16.2 Å². The normalized spacial score (nSPS) is 31.0. The van der Waals surface area contributed by atoms with E-state index in [4.69, 9.17) is 22.7 Å². The standard InChI is InChI=1S/C14H17N5O4S/c1-3-4-14(22)9(21)8(6(2)20)23-12(14)19-5-16-7-10(19)17-13(15)18-11(7)24/h5-6,8-9,12,20-22H,1-2H3,(H3,15,17,18,24)/t6-,8-,9+,12-,14?/m1/s1. The number of H-pyrrole nitrogens is 1. The number of ether oxygens (including phenoxy) is 1. The third-order valence-corrected chi connectivity index (χ3v) is 4.22. The van der Waals surface area contributed by atoms with E-state index in [0.29, 0.717) is 5.52 Å². The Hall–Kier alpha value is -2.03. The molecule has 1 unspecified atom stereocenters. The molecule has 10 heteroatoms. The van der Waals surface area contributed by atoms with Gasteiger partial charge in [0.15, 0.2) is 17.5 Å². The molecule has 1 saturated heterocycles. The summed E-state index contributed by atoms with van der Waals surface area (Å²) in [6, 6.07) is 0. The van der Waals surface area contributed by atoms with E-state index < -0.39 is 30.1 Å². The summed E-state index contributed by atoms with van der Waals surface area (Å²) in [5.41, 5.74) is 4.37. The second kappa shape index (κ2) is 5.80. The number of nitrogens with one attached hydrogen (secondary N) is 1. The molecule has 6 N–H and O–H groups in total. The van der Waals surface area contributed by atoms with Crippen LogP contribution in [0, 0.1) is 16.5 Å². The van der Waals surface area contributed by atoms with Gasteiger partial charge in [0.05, 0.1) is 12.4 Å². The van der Waals surface area contributed by atoms with Crippen LogP contribution in [0.4, 0.5) is 5.95 Å². The molecule has 128 valence electrons. The van der Waals surface area contributed by atoms with Gasteiger partial charge in [0, 0.05) is 0 Å². The van der Waals surface area contributed by atoms with Crippen LogP contribution in [0.25, 0.3) is 11.2 Å². The Morgan fingerprint density at radius 1 is 1.58 bits per heavy atom. The van der Waals surface area contributed by atoms with Crippen molar-refractivity contribution in [1.29, 1.82) is 0 Å². The second-order valence-corrected chi connectivity index (χ2v) is 6.02. The molecule has 0 amide bonds. The largest absolute Gasteiger partial charge is 0.391 e. The predicted molar refractivity (Wildman–Crippen MR) is 87.1 cm³/mol. The smallest absolute Gasteiger partial charge is 0.200 e. The zero-order valence-corrected chi connectivity index (χ0v) is 13.8. The molecule has 24 heavy (non-hydrogen) atoms. The molecule has 9 nitrogen and oxygen atoms in total. The molecular weight excluding hydrogens is 334 g/mol. The molecule has 0 aliphatic carbocycles. The van der Waals surface area contributed by atoms with Crippen molar-refractivity contribution in [3.8, 4) is 11.8 Å². The van der Waals surface area contributed by atoms with Gasteiger partial charge in [-0.05, 0) is 13.8 Å². The van der Waals surface area contributed by atoms with E-state index in [0.717, 1.165) is 0 Å². The molecule has 5 atom stereocenters. The van der Waals surface area contributed by atoms with Crippen molar-refractivity contribution in [2.24, 2.45) is 0 Å². The number of imidazole rings is 1. The van der Waals surface area contributed by atoms with Gasteiger partial charge in [0.25, 0.3) is 0 Å². The minimum atomic E-state index is -1.96. The lowest BCUT2D eigenvalue weighted by Gasteiger charge is -2.26. The molecule has 1 fully saturated rings. The SMILES string of the molecule is CC#CC1(O)[C@@H](O)[C@@H]([C@@H](C)O)O[C@H]1n1cnc2c(=S)[nH]c(N)nc21. The quantitative estimate of drug-likeness (QED) is 0.359. The zero-order valence-electron chi connectivity index (χ0n) is 13.0. The second-order valence-electron chi connectivity index (χ2n) is 5.61. The van der Waals surface area contributed by atoms with Crippen molar-refractivity contribution in [3.05, 3.63) is 11.0 Å². The fourth-order valence-corrected chi connectivity index (χ4v) is 3.08. The first kappa shape index (κ1) is 16.8. The van der Waals surface area contributed by atoms with Crippen molar-refractivity contribution in [1.82, 2.24) is 19.5 Å². The number of rotatable bonds is 2. The minimum Gasteiger partial charge on any atom is -0.391 e. The summed E-state index contributed by atoms with van der Waals surface area (Å²) in [6.45, 7) is 2.98. The average molecular weight is 351 g/mol. The molecule has 2 aromatic rings. The van der Waals surface area contributed by atoms with Crippen molar-refractivity contribution < 1.29 is 20.1 Å². The first-order valence-corrected chi connectivity index (χ1v) is 7.60. The van der Waals surface area contributed by atoms with Gasteiger partial charge in [-0.3, -0.25) is 4.57 Å². The van der Waals surface area contributed by atoms with E-state index in [1.807, 2.05) is 0 Å². The maximum atomic E-state index is 10.9. The van der Waals surface area contributed by atoms with E-state index in [1.165, 1.54) is 24.7 Å². The van der Waals surface area contributed by atoms with E-state index >= 15 is 0 Å². The maximum absolute atomic E-state index is 10.9. The summed E-state index contributed by atoms with van der Waals surface area (Å²) in [7, 11) is 0. The van der Waals surface area contributed by atoms with Crippen LogP contribution >= 0.6 is 12.2 Å². The number of aromatic amines is 1. The Bertz CT molecular complexity index is 898. The Labute approximate surface area is 142 Å². The highest BCUT2D eigenvalue weighted by Gasteiger charge is 2.57. The van der Waals surface area contributed by atoms with Gasteiger partial charge in [-0.1, -0.05) is 18.1 Å². The highest BCUT2D eigenvalue weighted by Crippen LogP contribution is 2.40. The van der Waals surface area contributed by atoms with Crippen molar-refractivity contribution in [2.45, 2.75) is 44.0 Å². The zero-order chi connectivity index (χ0) is 17.6. The molecular formula is C14H17N5O4S. The van der Waals surface area contributed by atoms with Crippen LogP contribution in [0.15, 0.2) is 6.33 Å². The van der Waals surface area contributed by atoms with Crippen LogP contribution in [0.1, 0.15) is 20.1 Å².